The van der Waals surface area contributed by atoms with E-state index >= 15 is 0 Å². The van der Waals surface area contributed by atoms with Crippen LogP contribution < -0.4 is 25.7 Å². The molecule has 12 heteroatoms. The van der Waals surface area contributed by atoms with Crippen molar-refractivity contribution in [3.8, 4) is 45.6 Å². The van der Waals surface area contributed by atoms with Crippen molar-refractivity contribution in [1.29, 1.82) is 0 Å². The van der Waals surface area contributed by atoms with E-state index in [0.29, 0.717) is 28.7 Å². The lowest BCUT2D eigenvalue weighted by atomic mass is 10.0. The van der Waals surface area contributed by atoms with Crippen LogP contribution in [0.4, 0.5) is 0 Å². The van der Waals surface area contributed by atoms with E-state index in [-0.39, 0.29) is 34.5 Å². The molecule has 134 valence electrons. The number of hydrogen-bond donors (Lipinski definition) is 0. The first kappa shape index (κ1) is 18.8. The SMILES string of the molecule is ClOc1cc2c(c(OCl)c1OCl)Cc1cc(OCl)c(OCl)c(OCl)c1-2. The van der Waals surface area contributed by atoms with Crippen LogP contribution in [0.15, 0.2) is 12.1 Å². The van der Waals surface area contributed by atoms with Crippen LogP contribution in [0.2, 0.25) is 0 Å². The van der Waals surface area contributed by atoms with Crippen molar-refractivity contribution in [2.75, 3.05) is 0 Å². The van der Waals surface area contributed by atoms with Crippen molar-refractivity contribution >= 4 is 71.2 Å². The molecule has 1 aliphatic carbocycles. The first-order valence-corrected chi connectivity index (χ1v) is 8.11. The van der Waals surface area contributed by atoms with Crippen LogP contribution >= 0.6 is 71.2 Å². The highest BCUT2D eigenvalue weighted by Gasteiger charge is 2.34. The smallest absolute Gasteiger partial charge is 0.235 e. The molecule has 0 bridgehead atoms. The Morgan fingerprint density at radius 1 is 0.600 bits per heavy atom. The van der Waals surface area contributed by atoms with Crippen LogP contribution in [0.1, 0.15) is 11.1 Å². The minimum Gasteiger partial charge on any atom is -0.381 e. The van der Waals surface area contributed by atoms with Gasteiger partial charge in [-0.05, 0) is 23.3 Å². The normalized spacial score (nSPS) is 11.4. The summed E-state index contributed by atoms with van der Waals surface area (Å²) in [5.41, 5.74) is 2.37. The zero-order chi connectivity index (χ0) is 18.1. The third-order valence-electron chi connectivity index (χ3n) is 3.70. The third-order valence-corrected chi connectivity index (χ3v) is 4.65. The molecule has 0 spiro atoms. The van der Waals surface area contributed by atoms with E-state index in [2.05, 4.69) is 0 Å². The molecule has 1 aliphatic rings. The number of hydrogen-bond acceptors (Lipinski definition) is 6. The summed E-state index contributed by atoms with van der Waals surface area (Å²) in [4.78, 5) is 0. The molecule has 0 radical (unpaired) electrons. The highest BCUT2D eigenvalue weighted by molar-refractivity contribution is 6.14. The number of fused-ring (bicyclic) bond motifs is 3. The summed E-state index contributed by atoms with van der Waals surface area (Å²) in [6.45, 7) is 0. The van der Waals surface area contributed by atoms with Gasteiger partial charge in [-0.25, -0.2) is 0 Å². The summed E-state index contributed by atoms with van der Waals surface area (Å²) in [7, 11) is 0. The van der Waals surface area contributed by atoms with Crippen LogP contribution in [0.3, 0.4) is 0 Å². The second-order valence-electron chi connectivity index (χ2n) is 4.77. The summed E-state index contributed by atoms with van der Waals surface area (Å²) >= 11 is 33.0. The van der Waals surface area contributed by atoms with E-state index in [1.807, 2.05) is 0 Å². The van der Waals surface area contributed by atoms with E-state index in [1.165, 1.54) is 6.07 Å². The molecule has 2 aromatic rings. The van der Waals surface area contributed by atoms with Gasteiger partial charge in [0, 0.05) is 17.5 Å². The van der Waals surface area contributed by atoms with E-state index < -0.39 is 0 Å². The Morgan fingerprint density at radius 3 is 1.64 bits per heavy atom. The Bertz CT molecular complexity index is 830. The lowest BCUT2D eigenvalue weighted by Crippen LogP contribution is -1.93. The lowest BCUT2D eigenvalue weighted by Gasteiger charge is -2.14. The monoisotopic (exact) mass is 466 g/mol. The van der Waals surface area contributed by atoms with Gasteiger partial charge in [0.25, 0.3) is 0 Å². The first-order chi connectivity index (χ1) is 12.1. The van der Waals surface area contributed by atoms with Crippen molar-refractivity contribution in [3.05, 3.63) is 23.3 Å². The Kier molecular flexibility index (Phi) is 5.78. The predicted molar refractivity (Wildman–Crippen MR) is 93.6 cm³/mol. The predicted octanol–water partition coefficient (Wildman–Crippen LogP) is 6.45. The Balaban J connectivity index is 2.35. The molecule has 0 heterocycles. The van der Waals surface area contributed by atoms with E-state index in [9.17, 15) is 0 Å². The molecule has 3 rings (SSSR count). The molecule has 25 heavy (non-hydrogen) atoms. The standard InChI is InChI=1S/C13H4Cl6O6/c14-20-7-2-4-1-6-5(9(4)13(25-19)12(7)24-18)3-8(21-15)11(23-17)10(6)22-16/h2-3H,1H2. The van der Waals surface area contributed by atoms with Gasteiger partial charge in [0.15, 0.2) is 17.2 Å². The van der Waals surface area contributed by atoms with Gasteiger partial charge in [-0.3, -0.25) is 0 Å². The quantitative estimate of drug-likeness (QED) is 0.414. The van der Waals surface area contributed by atoms with Crippen LogP contribution in [0.25, 0.3) is 11.1 Å². The second-order valence-corrected chi connectivity index (χ2v) is 5.69. The fourth-order valence-electron chi connectivity index (χ4n) is 2.76. The van der Waals surface area contributed by atoms with Crippen LogP contribution in [-0.4, -0.2) is 0 Å². The molecular weight excluding hydrogens is 465 g/mol. The Labute approximate surface area is 171 Å². The fraction of sp³-hybridized carbons (Fsp3) is 0.0769. The van der Waals surface area contributed by atoms with Crippen molar-refractivity contribution in [3.63, 3.8) is 0 Å². The summed E-state index contributed by atoms with van der Waals surface area (Å²) in [5.74, 6) is 0.263. The van der Waals surface area contributed by atoms with E-state index in [1.54, 1.807) is 6.07 Å². The second kappa shape index (κ2) is 7.70. The molecular formula is C13H4Cl6O6. The molecule has 0 amide bonds. The highest BCUT2D eigenvalue weighted by Crippen LogP contribution is 2.57. The van der Waals surface area contributed by atoms with Gasteiger partial charge in [-0.1, -0.05) is 0 Å². The molecule has 0 saturated heterocycles. The van der Waals surface area contributed by atoms with Crippen LogP contribution in [0, 0.1) is 0 Å². The zero-order valence-electron chi connectivity index (χ0n) is 11.6. The average molecular weight is 469 g/mol. The maximum atomic E-state index is 5.60. The lowest BCUT2D eigenvalue weighted by molar-refractivity contribution is 0.503. The van der Waals surface area contributed by atoms with E-state index in [0.717, 1.165) is 0 Å². The molecule has 0 saturated carbocycles. The minimum atomic E-state index is -0.0300. The van der Waals surface area contributed by atoms with Gasteiger partial charge in [0.1, 0.15) is 71.2 Å². The Hall–Kier alpha value is -1.02. The van der Waals surface area contributed by atoms with Gasteiger partial charge in [-0.15, -0.1) is 0 Å². The summed E-state index contributed by atoms with van der Waals surface area (Å²) in [6, 6.07) is 3.11. The fourth-order valence-corrected chi connectivity index (χ4v) is 3.59. The molecule has 0 aliphatic heterocycles. The number of halogens is 6. The van der Waals surface area contributed by atoms with Crippen molar-refractivity contribution < 1.29 is 25.7 Å². The zero-order valence-corrected chi connectivity index (χ0v) is 16.1. The van der Waals surface area contributed by atoms with Crippen molar-refractivity contribution in [2.24, 2.45) is 0 Å². The number of rotatable bonds is 6. The molecule has 0 unspecified atom stereocenters. The summed E-state index contributed by atoms with van der Waals surface area (Å²) < 4.78 is 28.7. The van der Waals surface area contributed by atoms with Crippen molar-refractivity contribution in [1.82, 2.24) is 0 Å². The van der Waals surface area contributed by atoms with E-state index in [4.69, 9.17) is 96.9 Å². The maximum Gasteiger partial charge on any atom is 0.235 e. The molecule has 0 aromatic heterocycles. The summed E-state index contributed by atoms with van der Waals surface area (Å²) in [6.07, 6.45) is 0.325. The largest absolute Gasteiger partial charge is 0.381 e. The van der Waals surface area contributed by atoms with Crippen LogP contribution in [0.5, 0.6) is 34.5 Å². The van der Waals surface area contributed by atoms with Gasteiger partial charge in [-0.2, -0.15) is 0 Å². The van der Waals surface area contributed by atoms with Gasteiger partial charge in [0.05, 0.1) is 0 Å². The van der Waals surface area contributed by atoms with Crippen molar-refractivity contribution in [2.45, 2.75) is 6.42 Å². The third kappa shape index (κ3) is 2.91. The van der Waals surface area contributed by atoms with Gasteiger partial charge in [0.2, 0.25) is 17.2 Å². The average Bonchev–Trinajstić information content (AvgIpc) is 3.02. The summed E-state index contributed by atoms with van der Waals surface area (Å²) in [5, 5.41) is 0. The molecule has 2 aromatic carbocycles. The first-order valence-electron chi connectivity index (χ1n) is 6.26. The highest BCUT2D eigenvalue weighted by atomic mass is 35.5. The molecule has 0 N–H and O–H groups in total. The molecule has 6 nitrogen and oxygen atoms in total. The van der Waals surface area contributed by atoms with Gasteiger partial charge < -0.3 is 25.7 Å². The minimum absolute atomic E-state index is 0.00537. The number of benzene rings is 2. The van der Waals surface area contributed by atoms with Crippen LogP contribution in [-0.2, 0) is 6.42 Å². The molecule has 0 fully saturated rings. The molecule has 0 atom stereocenters. The maximum absolute atomic E-state index is 5.60. The topological polar surface area (TPSA) is 55.4 Å². The van der Waals surface area contributed by atoms with Gasteiger partial charge >= 0.3 is 0 Å². The Morgan fingerprint density at radius 2 is 1.12 bits per heavy atom.